The quantitative estimate of drug-likeness (QED) is 0.758. The fourth-order valence-corrected chi connectivity index (χ4v) is 1.99. The van der Waals surface area contributed by atoms with Crippen molar-refractivity contribution in [2.45, 2.75) is 19.5 Å². The van der Waals surface area contributed by atoms with Gasteiger partial charge < -0.3 is 4.42 Å². The standard InChI is InChI=1S/C12H13N5O2/c1-9(17-6-3-5-13-17)11-14-15-12(18)16(11)8-10-4-2-7-19-10/h2-7,9H,8H2,1H3,(H,15,18)/t9-/m1/s1. The molecule has 3 aromatic rings. The van der Waals surface area contributed by atoms with Gasteiger partial charge >= 0.3 is 5.69 Å². The molecule has 7 nitrogen and oxygen atoms in total. The Morgan fingerprint density at radius 3 is 3.05 bits per heavy atom. The summed E-state index contributed by atoms with van der Waals surface area (Å²) in [4.78, 5) is 11.8. The topological polar surface area (TPSA) is 81.6 Å². The van der Waals surface area contributed by atoms with Crippen molar-refractivity contribution in [2.24, 2.45) is 0 Å². The van der Waals surface area contributed by atoms with Gasteiger partial charge in [-0.25, -0.2) is 9.89 Å². The summed E-state index contributed by atoms with van der Waals surface area (Å²) in [6, 6.07) is 5.31. The third-order valence-electron chi connectivity index (χ3n) is 2.98. The molecule has 0 fully saturated rings. The minimum atomic E-state index is -0.259. The Bertz CT molecular complexity index is 693. The Morgan fingerprint density at radius 1 is 1.47 bits per heavy atom. The molecule has 19 heavy (non-hydrogen) atoms. The Morgan fingerprint density at radius 2 is 2.37 bits per heavy atom. The summed E-state index contributed by atoms with van der Waals surface area (Å²) in [5.74, 6) is 1.32. The van der Waals surface area contributed by atoms with Gasteiger partial charge in [0.2, 0.25) is 0 Å². The molecular weight excluding hydrogens is 246 g/mol. The average molecular weight is 259 g/mol. The molecule has 0 aliphatic heterocycles. The number of H-pyrrole nitrogens is 1. The largest absolute Gasteiger partial charge is 0.467 e. The van der Waals surface area contributed by atoms with Crippen LogP contribution in [-0.2, 0) is 6.54 Å². The molecule has 3 aromatic heterocycles. The highest BCUT2D eigenvalue weighted by Gasteiger charge is 2.18. The van der Waals surface area contributed by atoms with Crippen LogP contribution < -0.4 is 5.69 Å². The number of aromatic nitrogens is 5. The lowest BCUT2D eigenvalue weighted by Gasteiger charge is -2.12. The molecule has 98 valence electrons. The molecule has 7 heteroatoms. The molecule has 0 amide bonds. The first-order valence-corrected chi connectivity index (χ1v) is 5.92. The molecule has 0 saturated heterocycles. The fourth-order valence-electron chi connectivity index (χ4n) is 1.99. The van der Waals surface area contributed by atoms with Crippen molar-refractivity contribution in [1.82, 2.24) is 24.5 Å². The van der Waals surface area contributed by atoms with E-state index in [1.165, 1.54) is 0 Å². The zero-order valence-corrected chi connectivity index (χ0v) is 10.4. The Kier molecular flexibility index (Phi) is 2.79. The summed E-state index contributed by atoms with van der Waals surface area (Å²) in [5.41, 5.74) is -0.259. The minimum absolute atomic E-state index is 0.135. The van der Waals surface area contributed by atoms with E-state index in [0.29, 0.717) is 18.1 Å². The molecule has 0 aromatic carbocycles. The van der Waals surface area contributed by atoms with E-state index in [9.17, 15) is 4.79 Å². The van der Waals surface area contributed by atoms with Crippen molar-refractivity contribution >= 4 is 0 Å². The lowest BCUT2D eigenvalue weighted by molar-refractivity contribution is 0.463. The molecule has 0 saturated carbocycles. The van der Waals surface area contributed by atoms with Gasteiger partial charge in [0.25, 0.3) is 0 Å². The predicted molar refractivity (Wildman–Crippen MR) is 66.7 cm³/mol. The van der Waals surface area contributed by atoms with Crippen LogP contribution in [0.1, 0.15) is 24.6 Å². The molecule has 3 heterocycles. The zero-order chi connectivity index (χ0) is 13.2. The van der Waals surface area contributed by atoms with Crippen molar-refractivity contribution in [3.63, 3.8) is 0 Å². The number of hydrogen-bond donors (Lipinski definition) is 1. The normalized spacial score (nSPS) is 12.7. The SMILES string of the molecule is C[C@H](c1n[nH]c(=O)n1Cc1ccco1)n1cccn1. The molecular formula is C12H13N5O2. The van der Waals surface area contributed by atoms with Crippen LogP contribution >= 0.6 is 0 Å². The molecule has 0 aliphatic carbocycles. The molecule has 1 N–H and O–H groups in total. The summed E-state index contributed by atoms with van der Waals surface area (Å²) < 4.78 is 8.55. The number of hydrogen-bond acceptors (Lipinski definition) is 4. The lowest BCUT2D eigenvalue weighted by atomic mass is 10.3. The maximum atomic E-state index is 11.8. The molecule has 3 rings (SSSR count). The second-order valence-electron chi connectivity index (χ2n) is 4.21. The number of aromatic amines is 1. The van der Waals surface area contributed by atoms with E-state index >= 15 is 0 Å². The van der Waals surface area contributed by atoms with Crippen molar-refractivity contribution in [2.75, 3.05) is 0 Å². The zero-order valence-electron chi connectivity index (χ0n) is 10.4. The van der Waals surface area contributed by atoms with Gasteiger partial charge in [0, 0.05) is 12.4 Å². The smallest absolute Gasteiger partial charge is 0.343 e. The van der Waals surface area contributed by atoms with Gasteiger partial charge in [-0.1, -0.05) is 0 Å². The van der Waals surface area contributed by atoms with Gasteiger partial charge in [-0.15, -0.1) is 0 Å². The number of nitrogens with one attached hydrogen (secondary N) is 1. The highest BCUT2D eigenvalue weighted by molar-refractivity contribution is 5.03. The molecule has 0 unspecified atom stereocenters. The first kappa shape index (κ1) is 11.5. The van der Waals surface area contributed by atoms with Crippen LogP contribution in [0, 0.1) is 0 Å². The molecule has 0 aliphatic rings. The van der Waals surface area contributed by atoms with Crippen LogP contribution in [0.5, 0.6) is 0 Å². The first-order valence-electron chi connectivity index (χ1n) is 5.92. The van der Waals surface area contributed by atoms with Crippen molar-refractivity contribution in [3.05, 3.63) is 58.9 Å². The Labute approximate surface area is 108 Å². The summed E-state index contributed by atoms with van der Waals surface area (Å²) >= 11 is 0. The van der Waals surface area contributed by atoms with Crippen LogP contribution in [0.3, 0.4) is 0 Å². The lowest BCUT2D eigenvalue weighted by Crippen LogP contribution is -2.22. The highest BCUT2D eigenvalue weighted by Crippen LogP contribution is 2.14. The Hall–Kier alpha value is -2.57. The molecule has 1 atom stereocenters. The van der Waals surface area contributed by atoms with Gasteiger partial charge in [-0.05, 0) is 25.1 Å². The number of furan rings is 1. The van der Waals surface area contributed by atoms with Crippen LogP contribution in [0.15, 0.2) is 46.1 Å². The van der Waals surface area contributed by atoms with Crippen LogP contribution in [0.2, 0.25) is 0 Å². The van der Waals surface area contributed by atoms with E-state index in [1.807, 2.05) is 25.3 Å². The van der Waals surface area contributed by atoms with Crippen molar-refractivity contribution in [3.8, 4) is 0 Å². The van der Waals surface area contributed by atoms with Gasteiger partial charge in [0.15, 0.2) is 5.82 Å². The monoisotopic (exact) mass is 259 g/mol. The van der Waals surface area contributed by atoms with Crippen LogP contribution in [0.4, 0.5) is 0 Å². The van der Waals surface area contributed by atoms with Gasteiger partial charge in [-0.2, -0.15) is 10.2 Å². The minimum Gasteiger partial charge on any atom is -0.467 e. The number of rotatable bonds is 4. The molecule has 0 radical (unpaired) electrons. The Balaban J connectivity index is 1.96. The third kappa shape index (κ3) is 2.10. The first-order chi connectivity index (χ1) is 9.25. The van der Waals surface area contributed by atoms with E-state index < -0.39 is 0 Å². The highest BCUT2D eigenvalue weighted by atomic mass is 16.3. The summed E-state index contributed by atoms with van der Waals surface area (Å²) in [5, 5.41) is 10.7. The van der Waals surface area contributed by atoms with Crippen molar-refractivity contribution in [1.29, 1.82) is 0 Å². The van der Waals surface area contributed by atoms with E-state index in [0.717, 1.165) is 0 Å². The molecule has 0 spiro atoms. The van der Waals surface area contributed by atoms with E-state index in [4.69, 9.17) is 4.42 Å². The molecule has 0 bridgehead atoms. The van der Waals surface area contributed by atoms with E-state index in [1.54, 1.807) is 27.8 Å². The van der Waals surface area contributed by atoms with Gasteiger partial charge in [-0.3, -0.25) is 9.25 Å². The third-order valence-corrected chi connectivity index (χ3v) is 2.98. The second-order valence-corrected chi connectivity index (χ2v) is 4.21. The van der Waals surface area contributed by atoms with E-state index in [-0.39, 0.29) is 11.7 Å². The summed E-state index contributed by atoms with van der Waals surface area (Å²) in [6.07, 6.45) is 5.11. The van der Waals surface area contributed by atoms with Crippen LogP contribution in [0.25, 0.3) is 0 Å². The number of nitrogens with zero attached hydrogens (tertiary/aromatic N) is 4. The van der Waals surface area contributed by atoms with Gasteiger partial charge in [0.05, 0.1) is 12.8 Å². The van der Waals surface area contributed by atoms with Crippen LogP contribution in [-0.4, -0.2) is 24.5 Å². The second kappa shape index (κ2) is 4.60. The maximum Gasteiger partial charge on any atom is 0.343 e. The fraction of sp³-hybridized carbons (Fsp3) is 0.250. The van der Waals surface area contributed by atoms with Gasteiger partial charge in [0.1, 0.15) is 11.8 Å². The van der Waals surface area contributed by atoms with Crippen molar-refractivity contribution < 1.29 is 4.42 Å². The summed E-state index contributed by atoms with van der Waals surface area (Å²) in [6.45, 7) is 2.28. The summed E-state index contributed by atoms with van der Waals surface area (Å²) in [7, 11) is 0. The van der Waals surface area contributed by atoms with E-state index in [2.05, 4.69) is 15.3 Å². The average Bonchev–Trinajstić information content (AvgIpc) is 3.13. The maximum absolute atomic E-state index is 11.8. The predicted octanol–water partition coefficient (Wildman–Crippen LogP) is 1.02.